The average molecular weight is 229 g/mol. The van der Waals surface area contributed by atoms with Crippen molar-refractivity contribution in [1.29, 1.82) is 0 Å². The number of hydrogen-bond donors (Lipinski definition) is 3. The van der Waals surface area contributed by atoms with Gasteiger partial charge in [-0.25, -0.2) is 0 Å². The molecule has 0 aliphatic carbocycles. The third kappa shape index (κ3) is 2.60. The van der Waals surface area contributed by atoms with Gasteiger partial charge in [-0.2, -0.15) is 4.98 Å². The van der Waals surface area contributed by atoms with Gasteiger partial charge in [-0.15, -0.1) is 0 Å². The van der Waals surface area contributed by atoms with E-state index in [1.54, 1.807) is 0 Å². The Hall–Kier alpha value is -1.37. The molecule has 0 aliphatic rings. The predicted molar refractivity (Wildman–Crippen MR) is 55.4 cm³/mol. The molecule has 0 spiro atoms. The quantitative estimate of drug-likeness (QED) is 0.629. The number of rotatable bonds is 5. The molecule has 6 nitrogen and oxygen atoms in total. The lowest BCUT2D eigenvalue weighted by Gasteiger charge is -2.18. The monoisotopic (exact) mass is 229 g/mol. The van der Waals surface area contributed by atoms with E-state index < -0.39 is 18.8 Å². The molecule has 2 atom stereocenters. The van der Waals surface area contributed by atoms with Crippen LogP contribution in [0.1, 0.15) is 11.7 Å². The maximum absolute atomic E-state index is 9.69. The van der Waals surface area contributed by atoms with Gasteiger partial charge in [-0.05, 0) is 6.07 Å². The molecule has 0 amide bonds. The molecule has 2 unspecified atom stereocenters. The number of ether oxygens (including phenoxy) is 2. The van der Waals surface area contributed by atoms with Gasteiger partial charge in [0.15, 0.2) is 0 Å². The van der Waals surface area contributed by atoms with Crippen LogP contribution in [0.3, 0.4) is 0 Å². The van der Waals surface area contributed by atoms with E-state index in [2.05, 4.69) is 4.98 Å². The van der Waals surface area contributed by atoms with Gasteiger partial charge in [-0.3, -0.25) is 0 Å². The summed E-state index contributed by atoms with van der Waals surface area (Å²) in [4.78, 5) is 3.95. The van der Waals surface area contributed by atoms with E-state index in [9.17, 15) is 10.2 Å². The van der Waals surface area contributed by atoms with Crippen LogP contribution in [0, 0.1) is 0 Å². The first-order chi connectivity index (χ1) is 7.63. The maximum atomic E-state index is 9.69. The van der Waals surface area contributed by atoms with Crippen LogP contribution in [0.2, 0.25) is 0 Å². The van der Waals surface area contributed by atoms with Crippen LogP contribution in [-0.4, -0.2) is 47.2 Å². The first kappa shape index (κ1) is 12.7. The zero-order valence-corrected chi connectivity index (χ0v) is 9.12. The zero-order valence-electron chi connectivity index (χ0n) is 9.12. The van der Waals surface area contributed by atoms with Gasteiger partial charge in [0.2, 0.25) is 11.8 Å². The van der Waals surface area contributed by atoms with Crippen molar-refractivity contribution < 1.29 is 24.8 Å². The van der Waals surface area contributed by atoms with Crippen LogP contribution >= 0.6 is 0 Å². The largest absolute Gasteiger partial charge is 0.481 e. The highest BCUT2D eigenvalue weighted by molar-refractivity contribution is 5.33. The van der Waals surface area contributed by atoms with Crippen molar-refractivity contribution >= 4 is 0 Å². The van der Waals surface area contributed by atoms with Crippen molar-refractivity contribution in [2.24, 2.45) is 0 Å². The zero-order chi connectivity index (χ0) is 12.1. The second kappa shape index (κ2) is 5.64. The van der Waals surface area contributed by atoms with Gasteiger partial charge in [-0.1, -0.05) is 0 Å². The highest BCUT2D eigenvalue weighted by Gasteiger charge is 2.22. The number of methoxy groups -OCH3 is 2. The minimum absolute atomic E-state index is 0.152. The van der Waals surface area contributed by atoms with Crippen LogP contribution in [0.15, 0.2) is 12.1 Å². The van der Waals surface area contributed by atoms with Crippen molar-refractivity contribution in [2.75, 3.05) is 20.8 Å². The van der Waals surface area contributed by atoms with Gasteiger partial charge in [0.25, 0.3) is 0 Å². The Bertz CT molecular complexity index is 344. The van der Waals surface area contributed by atoms with Crippen LogP contribution in [0.5, 0.6) is 11.8 Å². The Balaban J connectivity index is 3.03. The van der Waals surface area contributed by atoms with E-state index in [1.165, 1.54) is 26.4 Å². The molecule has 0 aliphatic heterocycles. The molecule has 1 aromatic heterocycles. The Morgan fingerprint density at radius 1 is 1.25 bits per heavy atom. The van der Waals surface area contributed by atoms with Crippen LogP contribution < -0.4 is 9.47 Å². The molecule has 1 aromatic rings. The lowest BCUT2D eigenvalue weighted by Crippen LogP contribution is -2.22. The van der Waals surface area contributed by atoms with Crippen LogP contribution in [0.4, 0.5) is 0 Å². The molecule has 0 fully saturated rings. The average Bonchev–Trinajstić information content (AvgIpc) is 2.35. The predicted octanol–water partition coefficient (Wildman–Crippen LogP) is -0.515. The van der Waals surface area contributed by atoms with Gasteiger partial charge in [0.05, 0.1) is 20.8 Å². The highest BCUT2D eigenvalue weighted by atomic mass is 16.5. The van der Waals surface area contributed by atoms with Gasteiger partial charge in [0, 0.05) is 11.6 Å². The number of aliphatic hydroxyl groups excluding tert-OH is 3. The van der Waals surface area contributed by atoms with E-state index in [-0.39, 0.29) is 5.88 Å². The van der Waals surface area contributed by atoms with E-state index in [4.69, 9.17) is 14.6 Å². The summed E-state index contributed by atoms with van der Waals surface area (Å²) in [6, 6.07) is 3.05. The SMILES string of the molecule is COc1ccc(C(O)C(O)CO)c(OC)n1. The first-order valence-electron chi connectivity index (χ1n) is 4.70. The Labute approximate surface area is 93.1 Å². The highest BCUT2D eigenvalue weighted by Crippen LogP contribution is 2.27. The van der Waals surface area contributed by atoms with Crippen molar-refractivity contribution in [1.82, 2.24) is 4.98 Å². The minimum Gasteiger partial charge on any atom is -0.481 e. The smallest absolute Gasteiger partial charge is 0.222 e. The Kier molecular flexibility index (Phi) is 4.48. The Morgan fingerprint density at radius 2 is 1.94 bits per heavy atom. The Morgan fingerprint density at radius 3 is 2.44 bits per heavy atom. The number of aliphatic hydroxyl groups is 3. The molecule has 1 rings (SSSR count). The van der Waals surface area contributed by atoms with E-state index >= 15 is 0 Å². The normalized spacial score (nSPS) is 14.3. The molecule has 0 saturated heterocycles. The molecular weight excluding hydrogens is 214 g/mol. The second-order valence-electron chi connectivity index (χ2n) is 3.15. The number of hydrogen-bond acceptors (Lipinski definition) is 6. The molecule has 6 heteroatoms. The van der Waals surface area contributed by atoms with Gasteiger partial charge >= 0.3 is 0 Å². The third-order valence-corrected chi connectivity index (χ3v) is 2.14. The van der Waals surface area contributed by atoms with Gasteiger partial charge < -0.3 is 24.8 Å². The number of pyridine rings is 1. The summed E-state index contributed by atoms with van der Waals surface area (Å²) in [5.74, 6) is 0.491. The van der Waals surface area contributed by atoms with Crippen molar-refractivity contribution in [3.05, 3.63) is 17.7 Å². The van der Waals surface area contributed by atoms with Crippen LogP contribution in [-0.2, 0) is 0 Å². The summed E-state index contributed by atoms with van der Waals surface area (Å²) in [7, 11) is 2.85. The maximum Gasteiger partial charge on any atom is 0.222 e. The molecule has 0 saturated carbocycles. The molecule has 16 heavy (non-hydrogen) atoms. The molecule has 0 bridgehead atoms. The fourth-order valence-electron chi connectivity index (χ4n) is 1.24. The van der Waals surface area contributed by atoms with Gasteiger partial charge in [0.1, 0.15) is 12.2 Å². The number of aromatic nitrogens is 1. The number of nitrogens with zero attached hydrogens (tertiary/aromatic N) is 1. The summed E-state index contributed by atoms with van der Waals surface area (Å²) in [5.41, 5.74) is 0.296. The molecular formula is C10H15NO5. The molecule has 0 radical (unpaired) electrons. The summed E-state index contributed by atoms with van der Waals surface area (Å²) in [6.07, 6.45) is -2.53. The fraction of sp³-hybridized carbons (Fsp3) is 0.500. The summed E-state index contributed by atoms with van der Waals surface area (Å²) >= 11 is 0. The van der Waals surface area contributed by atoms with Crippen molar-refractivity contribution in [3.63, 3.8) is 0 Å². The minimum atomic E-state index is -1.27. The first-order valence-corrected chi connectivity index (χ1v) is 4.70. The van der Waals surface area contributed by atoms with E-state index in [0.717, 1.165) is 0 Å². The molecule has 3 N–H and O–H groups in total. The van der Waals surface area contributed by atoms with Crippen LogP contribution in [0.25, 0.3) is 0 Å². The fourth-order valence-corrected chi connectivity index (χ4v) is 1.24. The topological polar surface area (TPSA) is 92.0 Å². The lowest BCUT2D eigenvalue weighted by molar-refractivity contribution is -0.0165. The summed E-state index contributed by atoms with van der Waals surface area (Å²) in [6.45, 7) is -0.545. The summed E-state index contributed by atoms with van der Waals surface area (Å²) < 4.78 is 9.85. The van der Waals surface area contributed by atoms with Crippen molar-refractivity contribution in [2.45, 2.75) is 12.2 Å². The van der Waals surface area contributed by atoms with Crippen molar-refractivity contribution in [3.8, 4) is 11.8 Å². The molecule has 0 aromatic carbocycles. The second-order valence-corrected chi connectivity index (χ2v) is 3.15. The standard InChI is InChI=1S/C10H15NO5/c1-15-8-4-3-6(10(11-8)16-2)9(14)7(13)5-12/h3-4,7,9,12-14H,5H2,1-2H3. The summed E-state index contributed by atoms with van der Waals surface area (Å²) in [5, 5.41) is 27.7. The third-order valence-electron chi connectivity index (χ3n) is 2.14. The van der Waals surface area contributed by atoms with E-state index in [1.807, 2.05) is 0 Å². The molecule has 90 valence electrons. The van der Waals surface area contributed by atoms with E-state index in [0.29, 0.717) is 11.4 Å². The molecule has 1 heterocycles. The lowest BCUT2D eigenvalue weighted by atomic mass is 10.1.